The zero-order valence-electron chi connectivity index (χ0n) is 16.7. The molecular formula is C21H40O4. The molecule has 0 aromatic heterocycles. The van der Waals surface area contributed by atoms with Crippen LogP contribution in [0, 0.1) is 5.92 Å². The molecule has 0 rings (SSSR count). The van der Waals surface area contributed by atoms with Crippen molar-refractivity contribution in [2.75, 3.05) is 0 Å². The van der Waals surface area contributed by atoms with Gasteiger partial charge in [-0.15, -0.1) is 0 Å². The predicted molar refractivity (Wildman–Crippen MR) is 104 cm³/mol. The van der Waals surface area contributed by atoms with Crippen LogP contribution < -0.4 is 0 Å². The first-order chi connectivity index (χ1) is 11.9. The molecule has 0 radical (unpaired) electrons. The second-order valence-electron chi connectivity index (χ2n) is 6.99. The number of hydrogen-bond donors (Lipinski definition) is 1. The summed E-state index contributed by atoms with van der Waals surface area (Å²) in [5.74, 6) is -0.122. The Balaban J connectivity index is 0. The fourth-order valence-corrected chi connectivity index (χ4v) is 2.54. The van der Waals surface area contributed by atoms with E-state index in [1.165, 1.54) is 71.1 Å². The highest BCUT2D eigenvalue weighted by atomic mass is 16.5. The molecule has 0 spiro atoms. The molecule has 0 amide bonds. The summed E-state index contributed by atoms with van der Waals surface area (Å²) < 4.78 is 4.17. The molecule has 0 atom stereocenters. The van der Waals surface area contributed by atoms with Crippen molar-refractivity contribution in [2.45, 2.75) is 104 Å². The lowest BCUT2D eigenvalue weighted by molar-refractivity contribution is -0.137. The molecule has 0 heterocycles. The van der Waals surface area contributed by atoms with Crippen LogP contribution in [-0.4, -0.2) is 17.0 Å². The van der Waals surface area contributed by atoms with E-state index in [1.54, 1.807) is 0 Å². The van der Waals surface area contributed by atoms with Crippen molar-refractivity contribution in [1.29, 1.82) is 0 Å². The molecule has 4 heteroatoms. The number of esters is 1. The van der Waals surface area contributed by atoms with Gasteiger partial charge < -0.3 is 9.84 Å². The standard InChI is InChI=1S/C17H34O2.C4H6O2/c1-16(2)14-12-10-8-6-4-3-5-7-9-11-13-15-17(18)19;1-3-6-4(2)5/h16H,3-15H2,1-2H3,(H,18,19);3H,1H2,2H3. The molecule has 0 fully saturated rings. The van der Waals surface area contributed by atoms with E-state index in [0.717, 1.165) is 25.0 Å². The molecule has 0 aliphatic rings. The molecule has 0 aromatic carbocycles. The highest BCUT2D eigenvalue weighted by Gasteiger charge is 1.97. The number of carboxylic acids is 1. The molecule has 0 aliphatic heterocycles. The highest BCUT2D eigenvalue weighted by molar-refractivity contribution is 5.66. The van der Waals surface area contributed by atoms with Crippen LogP contribution in [0.1, 0.15) is 104 Å². The molecule has 148 valence electrons. The van der Waals surface area contributed by atoms with E-state index >= 15 is 0 Å². The van der Waals surface area contributed by atoms with Gasteiger partial charge in [0.15, 0.2) is 0 Å². The molecule has 0 aliphatic carbocycles. The van der Waals surface area contributed by atoms with Gasteiger partial charge in [0.25, 0.3) is 0 Å². The number of carbonyl (C=O) groups excluding carboxylic acids is 1. The number of ether oxygens (including phenoxy) is 1. The first-order valence-corrected chi connectivity index (χ1v) is 9.90. The number of carboxylic acid groups (broad SMARTS) is 1. The summed E-state index contributed by atoms with van der Waals surface area (Å²) in [6.07, 6.45) is 17.0. The summed E-state index contributed by atoms with van der Waals surface area (Å²) in [7, 11) is 0. The monoisotopic (exact) mass is 356 g/mol. The second kappa shape index (κ2) is 20.7. The Morgan fingerprint density at radius 3 is 1.56 bits per heavy atom. The van der Waals surface area contributed by atoms with Gasteiger partial charge in [-0.1, -0.05) is 91.1 Å². The van der Waals surface area contributed by atoms with Gasteiger partial charge in [0.05, 0.1) is 6.26 Å². The van der Waals surface area contributed by atoms with Crippen LogP contribution in [0.3, 0.4) is 0 Å². The molecule has 0 aromatic rings. The summed E-state index contributed by atoms with van der Waals surface area (Å²) in [5.41, 5.74) is 0. The average Bonchev–Trinajstić information content (AvgIpc) is 2.51. The summed E-state index contributed by atoms with van der Waals surface area (Å²) in [4.78, 5) is 20.1. The molecule has 1 N–H and O–H groups in total. The van der Waals surface area contributed by atoms with E-state index in [-0.39, 0.29) is 5.97 Å². The van der Waals surface area contributed by atoms with E-state index in [4.69, 9.17) is 5.11 Å². The van der Waals surface area contributed by atoms with Crippen molar-refractivity contribution < 1.29 is 19.4 Å². The quantitative estimate of drug-likeness (QED) is 0.207. The van der Waals surface area contributed by atoms with Crippen molar-refractivity contribution in [3.63, 3.8) is 0 Å². The van der Waals surface area contributed by atoms with Gasteiger partial charge in [0.1, 0.15) is 0 Å². The van der Waals surface area contributed by atoms with E-state index in [1.807, 2.05) is 0 Å². The van der Waals surface area contributed by atoms with Gasteiger partial charge in [-0.25, -0.2) is 0 Å². The maximum absolute atomic E-state index is 10.3. The molecule has 4 nitrogen and oxygen atoms in total. The molecular weight excluding hydrogens is 316 g/mol. The van der Waals surface area contributed by atoms with Crippen molar-refractivity contribution in [1.82, 2.24) is 0 Å². The third-order valence-corrected chi connectivity index (χ3v) is 3.92. The first-order valence-electron chi connectivity index (χ1n) is 9.90. The van der Waals surface area contributed by atoms with E-state index in [2.05, 4.69) is 25.2 Å². The Kier molecular flexibility index (Phi) is 21.5. The van der Waals surface area contributed by atoms with E-state index in [0.29, 0.717) is 6.42 Å². The fourth-order valence-electron chi connectivity index (χ4n) is 2.54. The summed E-state index contributed by atoms with van der Waals surface area (Å²) >= 11 is 0. The van der Waals surface area contributed by atoms with E-state index < -0.39 is 5.97 Å². The van der Waals surface area contributed by atoms with Crippen LogP contribution in [0.5, 0.6) is 0 Å². The van der Waals surface area contributed by atoms with E-state index in [9.17, 15) is 9.59 Å². The minimum atomic E-state index is -0.655. The Bertz CT molecular complexity index is 324. The molecule has 0 bridgehead atoms. The van der Waals surface area contributed by atoms with Crippen LogP contribution in [0.4, 0.5) is 0 Å². The summed E-state index contributed by atoms with van der Waals surface area (Å²) in [5, 5.41) is 8.51. The molecule has 25 heavy (non-hydrogen) atoms. The predicted octanol–water partition coefficient (Wildman–Crippen LogP) is 6.49. The lowest BCUT2D eigenvalue weighted by atomic mass is 10.0. The largest absolute Gasteiger partial charge is 0.481 e. The van der Waals surface area contributed by atoms with Crippen molar-refractivity contribution in [2.24, 2.45) is 5.92 Å². The SMILES string of the molecule is C=COC(C)=O.CC(C)CCCCCCCCCCCCCC(=O)O. The topological polar surface area (TPSA) is 63.6 Å². The van der Waals surface area contributed by atoms with Gasteiger partial charge in [-0.3, -0.25) is 9.59 Å². The van der Waals surface area contributed by atoms with Gasteiger partial charge in [0, 0.05) is 13.3 Å². The van der Waals surface area contributed by atoms with Gasteiger partial charge >= 0.3 is 11.9 Å². The third-order valence-electron chi connectivity index (χ3n) is 3.92. The fraction of sp³-hybridized carbons (Fsp3) is 0.810. The minimum absolute atomic E-state index is 0.329. The maximum atomic E-state index is 10.3. The Labute approximate surface area is 155 Å². The average molecular weight is 357 g/mol. The lowest BCUT2D eigenvalue weighted by Gasteiger charge is -2.04. The van der Waals surface area contributed by atoms with Crippen molar-refractivity contribution in [3.8, 4) is 0 Å². The number of rotatable bonds is 15. The Morgan fingerprint density at radius 2 is 1.28 bits per heavy atom. The first kappa shape index (κ1) is 25.9. The smallest absolute Gasteiger partial charge is 0.307 e. The summed E-state index contributed by atoms with van der Waals surface area (Å²) in [6, 6.07) is 0. The highest BCUT2D eigenvalue weighted by Crippen LogP contribution is 2.13. The van der Waals surface area contributed by atoms with Crippen molar-refractivity contribution in [3.05, 3.63) is 12.8 Å². The Hall–Kier alpha value is -1.32. The van der Waals surface area contributed by atoms with Crippen LogP contribution in [0.25, 0.3) is 0 Å². The van der Waals surface area contributed by atoms with Gasteiger partial charge in [-0.2, -0.15) is 0 Å². The third kappa shape index (κ3) is 31.0. The number of unbranched alkanes of at least 4 members (excludes halogenated alkanes) is 10. The number of hydrogen-bond acceptors (Lipinski definition) is 3. The van der Waals surface area contributed by atoms with Gasteiger partial charge in [-0.05, 0) is 12.3 Å². The molecule has 0 unspecified atom stereocenters. The van der Waals surface area contributed by atoms with Crippen LogP contribution in [0.15, 0.2) is 12.8 Å². The minimum Gasteiger partial charge on any atom is -0.481 e. The van der Waals surface area contributed by atoms with Crippen LogP contribution in [0.2, 0.25) is 0 Å². The molecule has 0 saturated heterocycles. The zero-order valence-corrected chi connectivity index (χ0v) is 16.7. The van der Waals surface area contributed by atoms with Gasteiger partial charge in [0.2, 0.25) is 0 Å². The summed E-state index contributed by atoms with van der Waals surface area (Å²) in [6.45, 7) is 9.08. The maximum Gasteiger partial charge on any atom is 0.307 e. The normalized spacial score (nSPS) is 10.1. The lowest BCUT2D eigenvalue weighted by Crippen LogP contribution is -1.93. The Morgan fingerprint density at radius 1 is 0.880 bits per heavy atom. The number of carbonyl (C=O) groups is 2. The van der Waals surface area contributed by atoms with Crippen molar-refractivity contribution >= 4 is 11.9 Å². The molecule has 0 saturated carbocycles. The van der Waals surface area contributed by atoms with Crippen LogP contribution in [-0.2, 0) is 14.3 Å². The van der Waals surface area contributed by atoms with Crippen LogP contribution >= 0.6 is 0 Å². The second-order valence-corrected chi connectivity index (χ2v) is 6.99. The number of aliphatic carboxylic acids is 1. The zero-order chi connectivity index (χ0) is 19.3.